The van der Waals surface area contributed by atoms with Crippen molar-refractivity contribution in [3.8, 4) is 6.07 Å². The molecule has 0 radical (unpaired) electrons. The van der Waals surface area contributed by atoms with Crippen molar-refractivity contribution < 1.29 is 18.2 Å². The molecular weight excluding hydrogens is 597 g/mol. The molecular formula is C26H28BrClFN5O3S. The van der Waals surface area contributed by atoms with Gasteiger partial charge >= 0.3 is 0 Å². The van der Waals surface area contributed by atoms with Gasteiger partial charge < -0.3 is 15.1 Å². The van der Waals surface area contributed by atoms with Crippen molar-refractivity contribution in [1.29, 1.82) is 5.26 Å². The summed E-state index contributed by atoms with van der Waals surface area (Å²) in [5.41, 5.74) is -1.28. The van der Waals surface area contributed by atoms with Gasteiger partial charge in [-0.15, -0.1) is 0 Å². The first-order chi connectivity index (χ1) is 18.2. The molecule has 5 rings (SSSR count). The summed E-state index contributed by atoms with van der Waals surface area (Å²) in [6.45, 7) is 4.52. The number of aromatic nitrogens is 1. The topological polar surface area (TPSA) is 106 Å². The number of carbonyl (C=O) groups excluding carboxylic acids is 2. The van der Waals surface area contributed by atoms with Crippen LogP contribution in [0.25, 0.3) is 0 Å². The Kier molecular flexibility index (Phi) is 8.87. The average molecular weight is 625 g/mol. The summed E-state index contributed by atoms with van der Waals surface area (Å²) in [5, 5.41) is 11.0. The number of amides is 2. The third-order valence-electron chi connectivity index (χ3n) is 7.19. The number of nitrogens with zero attached hydrogens (tertiary/aromatic N) is 4. The highest BCUT2D eigenvalue weighted by Crippen LogP contribution is 2.39. The number of benzene rings is 1. The largest absolute Gasteiger partial charge is 0.341 e. The summed E-state index contributed by atoms with van der Waals surface area (Å²) >= 11 is 9.44. The van der Waals surface area contributed by atoms with Crippen molar-refractivity contribution in [2.24, 2.45) is 0 Å². The Morgan fingerprint density at radius 2 is 2.11 bits per heavy atom. The lowest BCUT2D eigenvalue weighted by molar-refractivity contribution is -0.143. The molecule has 1 saturated carbocycles. The molecule has 1 aromatic heterocycles. The van der Waals surface area contributed by atoms with Gasteiger partial charge in [0.05, 0.1) is 37.7 Å². The average Bonchev–Trinajstić information content (AvgIpc) is 3.48. The Bertz CT molecular complexity index is 1280. The Labute approximate surface area is 237 Å². The van der Waals surface area contributed by atoms with Gasteiger partial charge in [0, 0.05) is 36.8 Å². The van der Waals surface area contributed by atoms with Crippen molar-refractivity contribution in [2.75, 3.05) is 32.7 Å². The third kappa shape index (κ3) is 5.78. The fourth-order valence-electron chi connectivity index (χ4n) is 4.80. The van der Waals surface area contributed by atoms with E-state index >= 15 is 0 Å². The molecule has 1 aliphatic carbocycles. The van der Waals surface area contributed by atoms with Crippen LogP contribution in [-0.2, 0) is 25.8 Å². The van der Waals surface area contributed by atoms with E-state index in [0.29, 0.717) is 53.4 Å². The summed E-state index contributed by atoms with van der Waals surface area (Å²) in [6.07, 6.45) is 4.34. The first-order valence-corrected chi connectivity index (χ1v) is 14.7. The van der Waals surface area contributed by atoms with Crippen molar-refractivity contribution >= 4 is 50.6 Å². The molecule has 0 spiro atoms. The van der Waals surface area contributed by atoms with Crippen molar-refractivity contribution in [1.82, 2.24) is 20.1 Å². The highest BCUT2D eigenvalue weighted by Gasteiger charge is 2.55. The third-order valence-corrected chi connectivity index (χ3v) is 9.85. The zero-order valence-corrected chi connectivity index (χ0v) is 24.0. The number of carbonyl (C=O) groups is 2. The number of pyridine rings is 1. The summed E-state index contributed by atoms with van der Waals surface area (Å²) in [7, 11) is -1.31. The lowest BCUT2D eigenvalue weighted by atomic mass is 9.74. The SMILES string of the molecule is CCN1CC(C(=O)N2CCC(S(=O)c3ccccc3Cl)C2)(c2ncc(Br)cc2F)C1.N#CC1(NC=O)CC1. The fourth-order valence-corrected chi connectivity index (χ4v) is 6.93. The second kappa shape index (κ2) is 11.8. The van der Waals surface area contributed by atoms with Crippen LogP contribution in [0.4, 0.5) is 4.39 Å². The number of halogens is 3. The van der Waals surface area contributed by atoms with Crippen LogP contribution in [0.5, 0.6) is 0 Å². The van der Waals surface area contributed by atoms with Gasteiger partial charge in [0.25, 0.3) is 0 Å². The molecule has 8 nitrogen and oxygen atoms in total. The van der Waals surface area contributed by atoms with E-state index in [1.54, 1.807) is 23.1 Å². The van der Waals surface area contributed by atoms with Crippen LogP contribution in [0.15, 0.2) is 45.9 Å². The van der Waals surface area contributed by atoms with Crippen LogP contribution in [-0.4, -0.2) is 74.8 Å². The summed E-state index contributed by atoms with van der Waals surface area (Å²) in [6, 6.07) is 10.4. The highest BCUT2D eigenvalue weighted by atomic mass is 79.9. The molecule has 3 aliphatic rings. The maximum absolute atomic E-state index is 14.8. The van der Waals surface area contributed by atoms with E-state index in [9.17, 15) is 18.2 Å². The van der Waals surface area contributed by atoms with Crippen molar-refractivity contribution in [3.63, 3.8) is 0 Å². The number of likely N-dealkylation sites (tertiary alicyclic amines) is 2. The zero-order chi connectivity index (χ0) is 27.5. The van der Waals surface area contributed by atoms with Gasteiger partial charge in [-0.05, 0) is 59.9 Å². The molecule has 1 N–H and O–H groups in total. The number of hydrogen-bond donors (Lipinski definition) is 1. The van der Waals surface area contributed by atoms with Crippen LogP contribution in [0.1, 0.15) is 31.9 Å². The van der Waals surface area contributed by atoms with Gasteiger partial charge in [0.1, 0.15) is 16.8 Å². The van der Waals surface area contributed by atoms with Crippen LogP contribution in [0, 0.1) is 17.1 Å². The molecule has 2 atom stereocenters. The number of hydrogen-bond acceptors (Lipinski definition) is 6. The van der Waals surface area contributed by atoms with E-state index in [4.69, 9.17) is 16.9 Å². The predicted molar refractivity (Wildman–Crippen MR) is 145 cm³/mol. The van der Waals surface area contributed by atoms with Gasteiger partial charge in [-0.2, -0.15) is 5.26 Å². The van der Waals surface area contributed by atoms with E-state index in [2.05, 4.69) is 31.1 Å². The molecule has 2 unspecified atom stereocenters. The lowest BCUT2D eigenvalue weighted by Crippen LogP contribution is -2.67. The minimum absolute atomic E-state index is 0.139. The molecule has 2 aromatic rings. The molecule has 0 bridgehead atoms. The number of likely N-dealkylation sites (N-methyl/N-ethyl adjacent to an activating group) is 1. The summed E-state index contributed by atoms with van der Waals surface area (Å²) in [5.74, 6) is -0.622. The van der Waals surface area contributed by atoms with Crippen LogP contribution < -0.4 is 5.32 Å². The lowest BCUT2D eigenvalue weighted by Gasteiger charge is -2.49. The van der Waals surface area contributed by atoms with Crippen LogP contribution in [0.3, 0.4) is 0 Å². The summed E-state index contributed by atoms with van der Waals surface area (Å²) < 4.78 is 28.3. The Hall–Kier alpha value is -2.39. The molecule has 2 amide bonds. The minimum Gasteiger partial charge on any atom is -0.341 e. The first-order valence-electron chi connectivity index (χ1n) is 12.3. The monoisotopic (exact) mass is 623 g/mol. The molecule has 12 heteroatoms. The van der Waals surface area contributed by atoms with E-state index < -0.39 is 27.6 Å². The van der Waals surface area contributed by atoms with Gasteiger partial charge in [0.15, 0.2) is 0 Å². The predicted octanol–water partition coefficient (Wildman–Crippen LogP) is 3.41. The quantitative estimate of drug-likeness (QED) is 0.474. The van der Waals surface area contributed by atoms with E-state index in [1.807, 2.05) is 19.1 Å². The number of nitriles is 1. The van der Waals surface area contributed by atoms with E-state index in [0.717, 1.165) is 19.4 Å². The standard InChI is InChI=1S/C21H22BrClFN3O2S.C5H6N2O/c1-2-26-12-21(13-26,19-17(24)9-14(22)10-25-19)20(28)27-8-7-15(11-27)30(29)18-6-4-3-5-16(18)23;6-3-5(1-2-5)7-4-8/h3-6,9-10,15H,2,7-8,11-13H2,1H3;4H,1-2H2,(H,7,8). The Morgan fingerprint density at radius 3 is 2.66 bits per heavy atom. The number of rotatable bonds is 7. The Balaban J connectivity index is 0.000000360. The van der Waals surface area contributed by atoms with Crippen molar-refractivity contribution in [2.45, 2.75) is 47.3 Å². The Morgan fingerprint density at radius 1 is 1.39 bits per heavy atom. The van der Waals surface area contributed by atoms with Crippen LogP contribution in [0.2, 0.25) is 5.02 Å². The first kappa shape index (κ1) is 28.6. The highest BCUT2D eigenvalue weighted by molar-refractivity contribution is 9.10. The zero-order valence-electron chi connectivity index (χ0n) is 20.8. The second-order valence-corrected chi connectivity index (χ2v) is 12.7. The summed E-state index contributed by atoms with van der Waals surface area (Å²) in [4.78, 5) is 32.0. The van der Waals surface area contributed by atoms with Gasteiger partial charge in [-0.1, -0.05) is 30.7 Å². The molecule has 3 heterocycles. The molecule has 2 aliphatic heterocycles. The normalized spacial score (nSPS) is 21.8. The maximum atomic E-state index is 14.8. The van der Waals surface area contributed by atoms with Crippen molar-refractivity contribution in [3.05, 3.63) is 57.5 Å². The smallest absolute Gasteiger partial charge is 0.237 e. The molecule has 1 aromatic carbocycles. The second-order valence-electron chi connectivity index (χ2n) is 9.72. The van der Waals surface area contributed by atoms with Crippen LogP contribution >= 0.6 is 27.5 Å². The maximum Gasteiger partial charge on any atom is 0.237 e. The number of nitrogens with one attached hydrogen (secondary N) is 1. The van der Waals surface area contributed by atoms with Gasteiger partial charge in [-0.3, -0.25) is 18.8 Å². The molecule has 3 fully saturated rings. The minimum atomic E-state index is -1.31. The van der Waals surface area contributed by atoms with E-state index in [-0.39, 0.29) is 16.9 Å². The molecule has 2 saturated heterocycles. The van der Waals surface area contributed by atoms with Gasteiger partial charge in [0.2, 0.25) is 12.3 Å². The molecule has 38 heavy (non-hydrogen) atoms. The van der Waals surface area contributed by atoms with Gasteiger partial charge in [-0.25, -0.2) is 4.39 Å². The van der Waals surface area contributed by atoms with E-state index in [1.165, 1.54) is 12.3 Å². The fraction of sp³-hybridized carbons (Fsp3) is 0.462. The molecule has 202 valence electrons.